The van der Waals surface area contributed by atoms with Gasteiger partial charge in [-0.25, -0.2) is 0 Å². The molecule has 0 amide bonds. The van der Waals surface area contributed by atoms with Crippen LogP contribution in [0.15, 0.2) is 10.7 Å². The normalized spacial score (nSPS) is 24.4. The summed E-state index contributed by atoms with van der Waals surface area (Å²) in [7, 11) is 0. The monoisotopic (exact) mass is 327 g/mol. The van der Waals surface area contributed by atoms with Crippen LogP contribution in [0.5, 0.6) is 0 Å². The van der Waals surface area contributed by atoms with E-state index in [0.29, 0.717) is 0 Å². The summed E-state index contributed by atoms with van der Waals surface area (Å²) in [4.78, 5) is 0. The van der Waals surface area contributed by atoms with E-state index in [9.17, 15) is 0 Å². The van der Waals surface area contributed by atoms with Crippen LogP contribution in [0.25, 0.3) is 0 Å². The highest BCUT2D eigenvalue weighted by atomic mass is 79.9. The largest absolute Gasteiger partial charge is 0.306 e. The first-order chi connectivity index (χ1) is 9.23. The van der Waals surface area contributed by atoms with E-state index in [1.807, 2.05) is 6.20 Å². The Bertz CT molecular complexity index is 392. The van der Waals surface area contributed by atoms with Gasteiger partial charge in [0.25, 0.3) is 0 Å². The third-order valence-corrected chi connectivity index (χ3v) is 4.68. The minimum atomic E-state index is 0.121. The van der Waals surface area contributed by atoms with Gasteiger partial charge in [-0.05, 0) is 48.2 Å². The van der Waals surface area contributed by atoms with E-state index in [1.54, 1.807) is 0 Å². The van der Waals surface area contributed by atoms with Crippen LogP contribution in [0, 0.1) is 0 Å². The Morgan fingerprint density at radius 3 is 2.89 bits per heavy atom. The van der Waals surface area contributed by atoms with Gasteiger partial charge in [0.2, 0.25) is 0 Å². The van der Waals surface area contributed by atoms with Gasteiger partial charge in [-0.15, -0.1) is 0 Å². The van der Waals surface area contributed by atoms with Crippen LogP contribution in [0.4, 0.5) is 0 Å². The summed E-state index contributed by atoms with van der Waals surface area (Å²) in [6.45, 7) is 6.63. The molecule has 0 spiro atoms. The third-order valence-electron chi connectivity index (χ3n) is 4.10. The van der Waals surface area contributed by atoms with Crippen molar-refractivity contribution in [1.82, 2.24) is 15.1 Å². The van der Waals surface area contributed by atoms with E-state index in [-0.39, 0.29) is 5.54 Å². The number of aromatic nitrogens is 2. The molecule has 1 aromatic heterocycles. The predicted octanol–water partition coefficient (Wildman–Crippen LogP) is 4.21. The molecule has 2 rings (SSSR count). The van der Waals surface area contributed by atoms with Gasteiger partial charge in [-0.1, -0.05) is 33.1 Å². The number of rotatable bonds is 5. The number of halogens is 1. The second-order valence-corrected chi connectivity index (χ2v) is 6.49. The first-order valence-electron chi connectivity index (χ1n) is 7.70. The van der Waals surface area contributed by atoms with Crippen molar-refractivity contribution in [3.8, 4) is 0 Å². The van der Waals surface area contributed by atoms with Gasteiger partial charge >= 0.3 is 0 Å². The molecule has 1 saturated heterocycles. The summed E-state index contributed by atoms with van der Waals surface area (Å²) in [5, 5.41) is 8.42. The lowest BCUT2D eigenvalue weighted by Gasteiger charge is -2.35. The fourth-order valence-electron chi connectivity index (χ4n) is 3.32. The van der Waals surface area contributed by atoms with Crippen molar-refractivity contribution in [3.05, 3.63) is 16.4 Å². The van der Waals surface area contributed by atoms with E-state index in [0.717, 1.165) is 19.5 Å². The number of hydrogen-bond donors (Lipinski definition) is 1. The van der Waals surface area contributed by atoms with Gasteiger partial charge in [0, 0.05) is 6.54 Å². The Hall–Kier alpha value is -0.350. The molecule has 1 N–H and O–H groups in total. The molecular formula is C15H26BrN3. The predicted molar refractivity (Wildman–Crippen MR) is 83.3 cm³/mol. The first-order valence-corrected chi connectivity index (χ1v) is 8.49. The van der Waals surface area contributed by atoms with Gasteiger partial charge in [0.15, 0.2) is 0 Å². The van der Waals surface area contributed by atoms with Crippen molar-refractivity contribution < 1.29 is 0 Å². The highest BCUT2D eigenvalue weighted by Gasteiger charge is 2.36. The lowest BCUT2D eigenvalue weighted by Crippen LogP contribution is -2.43. The maximum absolute atomic E-state index is 4.57. The summed E-state index contributed by atoms with van der Waals surface area (Å²) in [5.41, 5.74) is 1.49. The summed E-state index contributed by atoms with van der Waals surface area (Å²) in [5.74, 6) is 0. The van der Waals surface area contributed by atoms with Gasteiger partial charge in [0.05, 0.1) is 21.9 Å². The highest BCUT2D eigenvalue weighted by molar-refractivity contribution is 9.10. The van der Waals surface area contributed by atoms with Crippen molar-refractivity contribution in [2.24, 2.45) is 0 Å². The molecule has 0 aromatic carbocycles. The van der Waals surface area contributed by atoms with E-state index in [1.165, 1.54) is 48.7 Å². The Morgan fingerprint density at radius 1 is 1.32 bits per heavy atom. The second-order valence-electron chi connectivity index (χ2n) is 5.63. The molecule has 108 valence electrons. The Labute approximate surface area is 125 Å². The summed E-state index contributed by atoms with van der Waals surface area (Å²) < 4.78 is 3.38. The zero-order chi connectivity index (χ0) is 13.7. The lowest BCUT2D eigenvalue weighted by molar-refractivity contribution is 0.272. The Balaban J connectivity index is 2.39. The SMILES string of the molecule is CCCn1ncc(Br)c1C1(CCC)CCCCCN1. The molecular weight excluding hydrogens is 302 g/mol. The van der Waals surface area contributed by atoms with Gasteiger partial charge in [-0.3, -0.25) is 4.68 Å². The minimum Gasteiger partial charge on any atom is -0.306 e. The van der Waals surface area contributed by atoms with Crippen LogP contribution in [0.1, 0.15) is 64.5 Å². The van der Waals surface area contributed by atoms with E-state index in [2.05, 4.69) is 44.9 Å². The van der Waals surface area contributed by atoms with E-state index in [4.69, 9.17) is 0 Å². The second kappa shape index (κ2) is 6.89. The molecule has 0 aliphatic carbocycles. The highest BCUT2D eigenvalue weighted by Crippen LogP contribution is 2.38. The number of nitrogens with one attached hydrogen (secondary N) is 1. The number of hydrogen-bond acceptors (Lipinski definition) is 2. The molecule has 1 aromatic rings. The molecule has 1 aliphatic heterocycles. The van der Waals surface area contributed by atoms with Crippen LogP contribution in [0.2, 0.25) is 0 Å². The van der Waals surface area contributed by atoms with Crippen LogP contribution in [-0.2, 0) is 12.1 Å². The third kappa shape index (κ3) is 3.22. The molecule has 3 nitrogen and oxygen atoms in total. The fourth-order valence-corrected chi connectivity index (χ4v) is 4.00. The minimum absolute atomic E-state index is 0.121. The summed E-state index contributed by atoms with van der Waals surface area (Å²) in [6.07, 6.45) is 10.7. The molecule has 1 aliphatic rings. The van der Waals surface area contributed by atoms with E-state index < -0.39 is 0 Å². The van der Waals surface area contributed by atoms with E-state index >= 15 is 0 Å². The van der Waals surface area contributed by atoms with Gasteiger partial charge < -0.3 is 5.32 Å². The smallest absolute Gasteiger partial charge is 0.0727 e. The van der Waals surface area contributed by atoms with Crippen molar-refractivity contribution >= 4 is 15.9 Å². The van der Waals surface area contributed by atoms with Crippen LogP contribution < -0.4 is 5.32 Å². The maximum Gasteiger partial charge on any atom is 0.0727 e. The molecule has 1 unspecified atom stereocenters. The number of aryl methyl sites for hydroxylation is 1. The maximum atomic E-state index is 4.57. The molecule has 1 atom stereocenters. The molecule has 0 saturated carbocycles. The Kier molecular flexibility index (Phi) is 5.46. The van der Waals surface area contributed by atoms with Gasteiger partial charge in [-0.2, -0.15) is 5.10 Å². The lowest BCUT2D eigenvalue weighted by atomic mass is 9.85. The average molecular weight is 328 g/mol. The topological polar surface area (TPSA) is 29.9 Å². The molecule has 4 heteroatoms. The van der Waals surface area contributed by atoms with Crippen molar-refractivity contribution in [2.75, 3.05) is 6.54 Å². The van der Waals surface area contributed by atoms with Crippen LogP contribution in [-0.4, -0.2) is 16.3 Å². The first kappa shape index (κ1) is 15.0. The van der Waals surface area contributed by atoms with Crippen LogP contribution in [0.3, 0.4) is 0 Å². The van der Waals surface area contributed by atoms with Crippen molar-refractivity contribution in [2.45, 2.75) is 70.9 Å². The zero-order valence-electron chi connectivity index (χ0n) is 12.2. The fraction of sp³-hybridized carbons (Fsp3) is 0.800. The summed E-state index contributed by atoms with van der Waals surface area (Å²) in [6, 6.07) is 0. The quantitative estimate of drug-likeness (QED) is 0.877. The molecule has 1 fully saturated rings. The van der Waals surface area contributed by atoms with Crippen LogP contribution >= 0.6 is 15.9 Å². The van der Waals surface area contributed by atoms with Crippen molar-refractivity contribution in [1.29, 1.82) is 0 Å². The average Bonchev–Trinajstić information content (AvgIpc) is 2.62. The molecule has 0 bridgehead atoms. The molecule has 0 radical (unpaired) electrons. The zero-order valence-corrected chi connectivity index (χ0v) is 13.8. The molecule has 2 heterocycles. The Morgan fingerprint density at radius 2 is 2.16 bits per heavy atom. The van der Waals surface area contributed by atoms with Crippen molar-refractivity contribution in [3.63, 3.8) is 0 Å². The molecule has 19 heavy (non-hydrogen) atoms. The standard InChI is InChI=1S/C15H26BrN3/c1-3-8-15(9-6-5-7-10-17-15)14-13(16)12-18-19(14)11-4-2/h12,17H,3-11H2,1-2H3. The number of nitrogens with zero attached hydrogens (tertiary/aromatic N) is 2. The van der Waals surface area contributed by atoms with Gasteiger partial charge in [0.1, 0.15) is 0 Å². The summed E-state index contributed by atoms with van der Waals surface area (Å²) >= 11 is 3.73.